The van der Waals surface area contributed by atoms with Crippen molar-refractivity contribution in [1.29, 1.82) is 0 Å². The normalized spacial score (nSPS) is 20.1. The molecule has 3 rings (SSSR count). The van der Waals surface area contributed by atoms with Gasteiger partial charge < -0.3 is 5.32 Å². The second-order valence-corrected chi connectivity index (χ2v) is 8.69. The minimum absolute atomic E-state index is 0.00399. The van der Waals surface area contributed by atoms with Crippen LogP contribution in [0.5, 0.6) is 0 Å². The molecule has 1 aliphatic rings. The number of sulfonamides is 1. The number of amides is 1. The summed E-state index contributed by atoms with van der Waals surface area (Å²) in [7, 11) is -3.46. The Kier molecular flexibility index (Phi) is 6.58. The Balaban J connectivity index is 1.41. The second-order valence-electron chi connectivity index (χ2n) is 6.92. The highest BCUT2D eigenvalue weighted by molar-refractivity contribution is 7.89. The molecule has 1 aromatic heterocycles. The third-order valence-corrected chi connectivity index (χ3v) is 6.44. The Labute approximate surface area is 160 Å². The summed E-state index contributed by atoms with van der Waals surface area (Å²) in [5, 5.41) is 2.95. The fourth-order valence-electron chi connectivity index (χ4n) is 3.36. The van der Waals surface area contributed by atoms with Gasteiger partial charge in [0.15, 0.2) is 0 Å². The molecule has 1 amide bonds. The maximum Gasteiger partial charge on any atom is 0.240 e. The Morgan fingerprint density at radius 3 is 2.37 bits per heavy atom. The van der Waals surface area contributed by atoms with Crippen LogP contribution in [-0.2, 0) is 21.4 Å². The molecule has 27 heavy (non-hydrogen) atoms. The van der Waals surface area contributed by atoms with Crippen LogP contribution in [0.4, 0.5) is 0 Å². The van der Waals surface area contributed by atoms with Crippen molar-refractivity contribution in [2.24, 2.45) is 11.8 Å². The zero-order chi connectivity index (χ0) is 19.1. The molecule has 1 fully saturated rings. The Hall–Kier alpha value is -2.25. The van der Waals surface area contributed by atoms with Crippen LogP contribution in [0.1, 0.15) is 31.4 Å². The molecule has 1 saturated carbocycles. The SMILES string of the molecule is O=C(NCc1ccccn1)C1CCC(CNS(=O)(=O)c2ccccc2)CC1. The van der Waals surface area contributed by atoms with Crippen molar-refractivity contribution in [3.05, 3.63) is 60.4 Å². The fourth-order valence-corrected chi connectivity index (χ4v) is 4.50. The van der Waals surface area contributed by atoms with Crippen LogP contribution in [-0.4, -0.2) is 25.9 Å². The molecule has 1 aliphatic carbocycles. The van der Waals surface area contributed by atoms with Crippen LogP contribution in [0.2, 0.25) is 0 Å². The van der Waals surface area contributed by atoms with E-state index in [0.29, 0.717) is 13.1 Å². The van der Waals surface area contributed by atoms with Crippen molar-refractivity contribution in [3.8, 4) is 0 Å². The molecule has 0 spiro atoms. The van der Waals surface area contributed by atoms with E-state index < -0.39 is 10.0 Å². The van der Waals surface area contributed by atoms with Crippen molar-refractivity contribution in [2.45, 2.75) is 37.1 Å². The Morgan fingerprint density at radius 2 is 1.70 bits per heavy atom. The molecule has 6 nitrogen and oxygen atoms in total. The first-order valence-corrected chi connectivity index (χ1v) is 10.8. The molecule has 7 heteroatoms. The highest BCUT2D eigenvalue weighted by atomic mass is 32.2. The molecular formula is C20H25N3O3S. The van der Waals surface area contributed by atoms with Gasteiger partial charge >= 0.3 is 0 Å². The fraction of sp³-hybridized carbons (Fsp3) is 0.400. The lowest BCUT2D eigenvalue weighted by molar-refractivity contribution is -0.126. The highest BCUT2D eigenvalue weighted by Gasteiger charge is 2.27. The maximum absolute atomic E-state index is 12.3. The predicted molar refractivity (Wildman–Crippen MR) is 103 cm³/mol. The molecule has 1 heterocycles. The number of hydrogen-bond acceptors (Lipinski definition) is 4. The van der Waals surface area contributed by atoms with Crippen molar-refractivity contribution in [1.82, 2.24) is 15.0 Å². The maximum atomic E-state index is 12.3. The summed E-state index contributed by atoms with van der Waals surface area (Å²) in [6.07, 6.45) is 4.97. The number of hydrogen-bond donors (Lipinski definition) is 2. The van der Waals surface area contributed by atoms with E-state index in [1.165, 1.54) is 0 Å². The molecule has 0 aliphatic heterocycles. The van der Waals surface area contributed by atoms with Gasteiger partial charge in [0.2, 0.25) is 15.9 Å². The predicted octanol–water partition coefficient (Wildman–Crippen LogP) is 2.48. The van der Waals surface area contributed by atoms with Gasteiger partial charge in [-0.05, 0) is 55.9 Å². The summed E-state index contributed by atoms with van der Waals surface area (Å²) < 4.78 is 27.3. The quantitative estimate of drug-likeness (QED) is 0.764. The molecule has 0 saturated heterocycles. The zero-order valence-electron chi connectivity index (χ0n) is 15.2. The van der Waals surface area contributed by atoms with Crippen LogP contribution in [0.3, 0.4) is 0 Å². The van der Waals surface area contributed by atoms with Gasteiger partial charge in [-0.1, -0.05) is 24.3 Å². The Morgan fingerprint density at radius 1 is 1.00 bits per heavy atom. The third-order valence-electron chi connectivity index (χ3n) is 5.00. The molecule has 0 radical (unpaired) electrons. The minimum atomic E-state index is -3.46. The molecule has 0 unspecified atom stereocenters. The zero-order valence-corrected chi connectivity index (χ0v) is 16.0. The molecule has 2 aromatic rings. The van der Waals surface area contributed by atoms with Gasteiger partial charge in [-0.3, -0.25) is 9.78 Å². The lowest BCUT2D eigenvalue weighted by Gasteiger charge is -2.27. The average molecular weight is 388 g/mol. The monoisotopic (exact) mass is 387 g/mol. The first-order valence-electron chi connectivity index (χ1n) is 9.27. The van der Waals surface area contributed by atoms with Gasteiger partial charge in [-0.25, -0.2) is 13.1 Å². The molecule has 2 N–H and O–H groups in total. The number of rotatable bonds is 7. The van der Waals surface area contributed by atoms with Gasteiger partial charge in [-0.2, -0.15) is 0 Å². The second kappa shape index (κ2) is 9.10. The smallest absolute Gasteiger partial charge is 0.240 e. The van der Waals surface area contributed by atoms with E-state index in [1.54, 1.807) is 36.5 Å². The van der Waals surface area contributed by atoms with Gasteiger partial charge in [-0.15, -0.1) is 0 Å². The summed E-state index contributed by atoms with van der Waals surface area (Å²) in [5.74, 6) is 0.322. The lowest BCUT2D eigenvalue weighted by Crippen LogP contribution is -2.36. The first kappa shape index (κ1) is 19.5. The molecule has 0 bridgehead atoms. The number of carbonyl (C=O) groups is 1. The van der Waals surface area contributed by atoms with Crippen molar-refractivity contribution in [3.63, 3.8) is 0 Å². The third kappa shape index (κ3) is 5.61. The first-order chi connectivity index (χ1) is 13.0. The van der Waals surface area contributed by atoms with Crippen molar-refractivity contribution >= 4 is 15.9 Å². The Bertz CT molecular complexity index is 833. The highest BCUT2D eigenvalue weighted by Crippen LogP contribution is 2.29. The summed E-state index contributed by atoms with van der Waals surface area (Å²) in [5.41, 5.74) is 0.842. The van der Waals surface area contributed by atoms with Crippen molar-refractivity contribution in [2.75, 3.05) is 6.54 Å². The standard InChI is InChI=1S/C20H25N3O3S/c24-20(22-15-18-6-4-5-13-21-18)17-11-9-16(10-12-17)14-23-27(25,26)19-7-2-1-3-8-19/h1-8,13,16-17,23H,9-12,14-15H2,(H,22,24). The van der Waals surface area contributed by atoms with Gasteiger partial charge in [0.1, 0.15) is 0 Å². The average Bonchev–Trinajstić information content (AvgIpc) is 2.72. The summed E-state index contributed by atoms with van der Waals surface area (Å²) >= 11 is 0. The van der Waals surface area contributed by atoms with Gasteiger partial charge in [0.25, 0.3) is 0 Å². The van der Waals surface area contributed by atoms with E-state index in [-0.39, 0.29) is 22.6 Å². The van der Waals surface area contributed by atoms with Crippen LogP contribution in [0, 0.1) is 11.8 Å². The number of aromatic nitrogens is 1. The van der Waals surface area contributed by atoms with E-state index in [1.807, 2.05) is 18.2 Å². The van der Waals surface area contributed by atoms with Crippen LogP contribution in [0.15, 0.2) is 59.6 Å². The molecular weight excluding hydrogens is 362 g/mol. The number of nitrogens with one attached hydrogen (secondary N) is 2. The largest absolute Gasteiger partial charge is 0.350 e. The van der Waals surface area contributed by atoms with Crippen LogP contribution < -0.4 is 10.0 Å². The number of carbonyl (C=O) groups excluding carboxylic acids is 1. The summed E-state index contributed by atoms with van der Waals surface area (Å²) in [4.78, 5) is 16.8. The van der Waals surface area contributed by atoms with E-state index in [0.717, 1.165) is 31.4 Å². The van der Waals surface area contributed by atoms with E-state index in [9.17, 15) is 13.2 Å². The number of benzene rings is 1. The van der Waals surface area contributed by atoms with Gasteiger partial charge in [0.05, 0.1) is 17.1 Å². The minimum Gasteiger partial charge on any atom is -0.350 e. The molecule has 1 aromatic carbocycles. The van der Waals surface area contributed by atoms with Gasteiger partial charge in [0, 0.05) is 18.7 Å². The van der Waals surface area contributed by atoms with E-state index in [2.05, 4.69) is 15.0 Å². The number of pyridine rings is 1. The summed E-state index contributed by atoms with van der Waals surface area (Å²) in [6.45, 7) is 0.857. The molecule has 0 atom stereocenters. The van der Waals surface area contributed by atoms with E-state index >= 15 is 0 Å². The molecule has 144 valence electrons. The lowest BCUT2D eigenvalue weighted by atomic mass is 9.81. The van der Waals surface area contributed by atoms with E-state index in [4.69, 9.17) is 0 Å². The number of nitrogens with zero attached hydrogens (tertiary/aromatic N) is 1. The van der Waals surface area contributed by atoms with Crippen LogP contribution >= 0.6 is 0 Å². The van der Waals surface area contributed by atoms with Crippen LogP contribution in [0.25, 0.3) is 0 Å². The topological polar surface area (TPSA) is 88.2 Å². The summed E-state index contributed by atoms with van der Waals surface area (Å²) in [6, 6.07) is 14.0. The van der Waals surface area contributed by atoms with Crippen molar-refractivity contribution < 1.29 is 13.2 Å².